The van der Waals surface area contributed by atoms with Crippen LogP contribution < -0.4 is 5.73 Å². The number of primary amides is 1. The third-order valence-corrected chi connectivity index (χ3v) is 6.41. The minimum Gasteiger partial charge on any atom is -0.370 e. The van der Waals surface area contributed by atoms with Crippen molar-refractivity contribution in [2.24, 2.45) is 5.73 Å². The number of hydrogen-bond donors (Lipinski definition) is 1. The maximum absolute atomic E-state index is 12.7. The van der Waals surface area contributed by atoms with Gasteiger partial charge >= 0.3 is 0 Å². The molecule has 26 heavy (non-hydrogen) atoms. The Labute approximate surface area is 159 Å². The number of carbonyl (C=O) groups excluding carboxylic acids is 2. The molecule has 8 heteroatoms. The van der Waals surface area contributed by atoms with E-state index in [2.05, 4.69) is 10.2 Å². The maximum atomic E-state index is 12.7. The van der Waals surface area contributed by atoms with Crippen molar-refractivity contribution in [3.05, 3.63) is 40.5 Å². The molecule has 3 rings (SSSR count). The SMILES string of the molecule is CCn1c(CCC(N)=O)nnc1SCC(=O)c1sc2ccccc2c1C. The number of thiophene rings is 1. The first-order valence-corrected chi connectivity index (χ1v) is 10.2. The number of aromatic nitrogens is 3. The van der Waals surface area contributed by atoms with Crippen LogP contribution in [0.3, 0.4) is 0 Å². The summed E-state index contributed by atoms with van der Waals surface area (Å²) in [4.78, 5) is 24.5. The zero-order chi connectivity index (χ0) is 18.7. The monoisotopic (exact) mass is 388 g/mol. The first-order chi connectivity index (χ1) is 12.5. The third kappa shape index (κ3) is 3.81. The van der Waals surface area contributed by atoms with E-state index in [1.54, 1.807) is 0 Å². The lowest BCUT2D eigenvalue weighted by Crippen LogP contribution is -2.13. The molecule has 2 heterocycles. The number of ketones is 1. The number of amides is 1. The van der Waals surface area contributed by atoms with E-state index >= 15 is 0 Å². The fourth-order valence-electron chi connectivity index (χ4n) is 2.80. The summed E-state index contributed by atoms with van der Waals surface area (Å²) in [6.07, 6.45) is 0.697. The van der Waals surface area contributed by atoms with E-state index < -0.39 is 0 Å². The van der Waals surface area contributed by atoms with Gasteiger partial charge in [-0.25, -0.2) is 0 Å². The van der Waals surface area contributed by atoms with Gasteiger partial charge in [0.05, 0.1) is 10.6 Å². The van der Waals surface area contributed by atoms with E-state index in [1.807, 2.05) is 42.7 Å². The topological polar surface area (TPSA) is 90.9 Å². The van der Waals surface area contributed by atoms with Crippen LogP contribution in [-0.4, -0.2) is 32.2 Å². The van der Waals surface area contributed by atoms with Crippen LogP contribution in [0.15, 0.2) is 29.4 Å². The molecule has 1 amide bonds. The molecule has 0 fully saturated rings. The summed E-state index contributed by atoms with van der Waals surface area (Å²) in [6, 6.07) is 8.06. The van der Waals surface area contributed by atoms with E-state index in [4.69, 9.17) is 5.73 Å². The highest BCUT2D eigenvalue weighted by atomic mass is 32.2. The maximum Gasteiger partial charge on any atom is 0.217 e. The summed E-state index contributed by atoms with van der Waals surface area (Å²) in [5.41, 5.74) is 6.24. The highest BCUT2D eigenvalue weighted by Gasteiger charge is 2.18. The van der Waals surface area contributed by atoms with Gasteiger partial charge < -0.3 is 10.3 Å². The highest BCUT2D eigenvalue weighted by molar-refractivity contribution is 7.99. The molecule has 136 valence electrons. The van der Waals surface area contributed by atoms with Crippen LogP contribution in [0.25, 0.3) is 10.1 Å². The second-order valence-corrected chi connectivity index (χ2v) is 7.87. The lowest BCUT2D eigenvalue weighted by Gasteiger charge is -2.06. The first-order valence-electron chi connectivity index (χ1n) is 8.35. The Hall–Kier alpha value is -2.19. The van der Waals surface area contributed by atoms with Crippen LogP contribution in [0.2, 0.25) is 0 Å². The van der Waals surface area contributed by atoms with E-state index in [0.717, 1.165) is 26.4 Å². The number of benzene rings is 1. The lowest BCUT2D eigenvalue weighted by molar-refractivity contribution is -0.118. The molecule has 0 unspecified atom stereocenters. The Balaban J connectivity index is 1.73. The third-order valence-electron chi connectivity index (χ3n) is 4.13. The second-order valence-electron chi connectivity index (χ2n) is 5.87. The molecule has 0 atom stereocenters. The number of nitrogens with two attached hydrogens (primary N) is 1. The molecular weight excluding hydrogens is 368 g/mol. The van der Waals surface area contributed by atoms with Crippen molar-refractivity contribution in [2.45, 2.75) is 38.4 Å². The van der Waals surface area contributed by atoms with Crippen molar-refractivity contribution in [2.75, 3.05) is 5.75 Å². The summed E-state index contributed by atoms with van der Waals surface area (Å²) >= 11 is 2.92. The van der Waals surface area contributed by atoms with Gasteiger partial charge in [-0.1, -0.05) is 30.0 Å². The smallest absolute Gasteiger partial charge is 0.217 e. The molecule has 0 saturated carbocycles. The Kier molecular flexibility index (Phi) is 5.73. The van der Waals surface area contributed by atoms with Crippen molar-refractivity contribution in [1.29, 1.82) is 0 Å². The molecule has 0 aliphatic carbocycles. The summed E-state index contributed by atoms with van der Waals surface area (Å²) in [7, 11) is 0. The Bertz CT molecular complexity index is 961. The molecule has 0 aliphatic heterocycles. The average molecular weight is 389 g/mol. The van der Waals surface area contributed by atoms with Crippen LogP contribution in [0.4, 0.5) is 0 Å². The van der Waals surface area contributed by atoms with Crippen LogP contribution in [0, 0.1) is 6.92 Å². The van der Waals surface area contributed by atoms with Gasteiger partial charge in [0.25, 0.3) is 0 Å². The van der Waals surface area contributed by atoms with Gasteiger partial charge in [0, 0.05) is 24.1 Å². The first kappa shape index (κ1) is 18.6. The fourth-order valence-corrected chi connectivity index (χ4v) is 4.93. The van der Waals surface area contributed by atoms with Crippen LogP contribution in [-0.2, 0) is 17.8 Å². The molecular formula is C18H20N4O2S2. The molecule has 3 aromatic rings. The Morgan fingerprint density at radius 1 is 1.27 bits per heavy atom. The zero-order valence-electron chi connectivity index (χ0n) is 14.7. The number of rotatable bonds is 8. The number of carbonyl (C=O) groups is 2. The number of aryl methyl sites for hydroxylation is 2. The molecule has 0 aliphatic rings. The molecule has 1 aromatic carbocycles. The predicted octanol–water partition coefficient (Wildman–Crippen LogP) is 3.21. The summed E-state index contributed by atoms with van der Waals surface area (Å²) in [5.74, 6) is 0.763. The van der Waals surface area contributed by atoms with Gasteiger partial charge in [0.2, 0.25) is 5.91 Å². The second kappa shape index (κ2) is 8.01. The van der Waals surface area contributed by atoms with Gasteiger partial charge in [-0.2, -0.15) is 0 Å². The lowest BCUT2D eigenvalue weighted by atomic mass is 10.1. The molecule has 0 spiro atoms. The van der Waals surface area contributed by atoms with E-state index in [0.29, 0.717) is 23.9 Å². The Morgan fingerprint density at radius 3 is 2.73 bits per heavy atom. The minimum absolute atomic E-state index is 0.0954. The van der Waals surface area contributed by atoms with Gasteiger partial charge in [0.1, 0.15) is 5.82 Å². The molecule has 6 nitrogen and oxygen atoms in total. The summed E-state index contributed by atoms with van der Waals surface area (Å²) < 4.78 is 3.06. The van der Waals surface area contributed by atoms with E-state index in [-0.39, 0.29) is 18.1 Å². The van der Waals surface area contributed by atoms with Crippen molar-refractivity contribution in [1.82, 2.24) is 14.8 Å². The summed E-state index contributed by atoms with van der Waals surface area (Å²) in [6.45, 7) is 4.66. The van der Waals surface area contributed by atoms with Crippen LogP contribution in [0.1, 0.15) is 34.4 Å². The van der Waals surface area contributed by atoms with Gasteiger partial charge in [-0.3, -0.25) is 9.59 Å². The van der Waals surface area contributed by atoms with Crippen molar-refractivity contribution >= 4 is 44.9 Å². The number of hydrogen-bond acceptors (Lipinski definition) is 6. The number of Topliss-reactive ketones (excluding diaryl/α,β-unsaturated/α-hetero) is 1. The standard InChI is InChI=1S/C18H20N4O2S2/c1-3-22-16(9-8-15(19)24)20-21-18(22)25-10-13(23)17-11(2)12-6-4-5-7-14(12)26-17/h4-7H,3,8-10H2,1-2H3,(H2,19,24). The van der Waals surface area contributed by atoms with Crippen molar-refractivity contribution in [3.8, 4) is 0 Å². The summed E-state index contributed by atoms with van der Waals surface area (Å²) in [5, 5.41) is 10.1. The molecule has 2 N–H and O–H groups in total. The molecule has 0 radical (unpaired) electrons. The normalized spacial score (nSPS) is 11.2. The van der Waals surface area contributed by atoms with E-state index in [9.17, 15) is 9.59 Å². The number of fused-ring (bicyclic) bond motifs is 1. The average Bonchev–Trinajstić information content (AvgIpc) is 3.18. The highest BCUT2D eigenvalue weighted by Crippen LogP contribution is 2.32. The van der Waals surface area contributed by atoms with E-state index in [1.165, 1.54) is 23.1 Å². The minimum atomic E-state index is -0.361. The zero-order valence-corrected chi connectivity index (χ0v) is 16.3. The molecule has 0 saturated heterocycles. The van der Waals surface area contributed by atoms with Crippen molar-refractivity contribution < 1.29 is 9.59 Å². The molecule has 0 bridgehead atoms. The largest absolute Gasteiger partial charge is 0.370 e. The van der Waals surface area contributed by atoms with Crippen LogP contribution in [0.5, 0.6) is 0 Å². The van der Waals surface area contributed by atoms with Gasteiger partial charge in [-0.05, 0) is 30.9 Å². The Morgan fingerprint density at radius 2 is 2.04 bits per heavy atom. The number of nitrogens with zero attached hydrogens (tertiary/aromatic N) is 3. The van der Waals surface area contributed by atoms with Gasteiger partial charge in [-0.15, -0.1) is 21.5 Å². The number of thioether (sulfide) groups is 1. The van der Waals surface area contributed by atoms with Gasteiger partial charge in [0.15, 0.2) is 10.9 Å². The quantitative estimate of drug-likeness (QED) is 0.473. The van der Waals surface area contributed by atoms with Crippen molar-refractivity contribution in [3.63, 3.8) is 0 Å². The predicted molar refractivity (Wildman–Crippen MR) is 105 cm³/mol. The van der Waals surface area contributed by atoms with Crippen LogP contribution >= 0.6 is 23.1 Å². The fraction of sp³-hybridized carbons (Fsp3) is 0.333. The molecule has 2 aromatic heterocycles.